The van der Waals surface area contributed by atoms with E-state index in [0.717, 1.165) is 78.2 Å². The van der Waals surface area contributed by atoms with Crippen LogP contribution in [0.25, 0.3) is 11.3 Å². The molecule has 5 rings (SSSR count). The molecule has 8 heteroatoms. The first-order valence-electron chi connectivity index (χ1n) is 12.0. The molecule has 1 fully saturated rings. The van der Waals surface area contributed by atoms with Gasteiger partial charge in [-0.1, -0.05) is 18.2 Å². The van der Waals surface area contributed by atoms with Crippen molar-refractivity contribution in [1.82, 2.24) is 20.0 Å². The number of para-hydroxylation sites is 1. The van der Waals surface area contributed by atoms with E-state index in [-0.39, 0.29) is 18.4 Å². The Balaban J connectivity index is 1.30. The van der Waals surface area contributed by atoms with Gasteiger partial charge in [-0.05, 0) is 44.7 Å². The summed E-state index contributed by atoms with van der Waals surface area (Å²) in [5.74, 6) is 1.87. The highest BCUT2D eigenvalue weighted by Crippen LogP contribution is 2.38. The second kappa shape index (κ2) is 9.37. The number of carbonyl (C=O) groups is 2. The fourth-order valence-electron chi connectivity index (χ4n) is 4.86. The van der Waals surface area contributed by atoms with E-state index in [1.54, 1.807) is 4.68 Å². The van der Waals surface area contributed by atoms with Gasteiger partial charge < -0.3 is 19.4 Å². The number of nitrogens with zero attached hydrogens (tertiary/aromatic N) is 3. The number of rotatable bonds is 7. The van der Waals surface area contributed by atoms with Crippen molar-refractivity contribution in [3.8, 4) is 17.0 Å². The van der Waals surface area contributed by atoms with Crippen LogP contribution in [0.3, 0.4) is 0 Å². The Morgan fingerprint density at radius 2 is 1.97 bits per heavy atom. The van der Waals surface area contributed by atoms with Crippen molar-refractivity contribution in [3.63, 3.8) is 0 Å². The number of likely N-dealkylation sites (tertiary alicyclic amines) is 1. The molecular weight excluding hydrogens is 432 g/mol. The number of hydrogen-bond donors (Lipinski definition) is 1. The number of nitrogens with one attached hydrogen (secondary N) is 1. The van der Waals surface area contributed by atoms with Crippen molar-refractivity contribution in [1.29, 1.82) is 0 Å². The molecule has 0 atom stereocenters. The number of aromatic nitrogens is 2. The Bertz CT molecular complexity index is 1220. The zero-order chi connectivity index (χ0) is 23.7. The van der Waals surface area contributed by atoms with Gasteiger partial charge in [-0.25, -0.2) is 0 Å². The van der Waals surface area contributed by atoms with Crippen molar-refractivity contribution < 1.29 is 18.7 Å². The zero-order valence-electron chi connectivity index (χ0n) is 19.7. The van der Waals surface area contributed by atoms with Crippen LogP contribution in [-0.2, 0) is 30.7 Å². The molecule has 1 aromatic carbocycles. The van der Waals surface area contributed by atoms with Crippen LogP contribution in [-0.4, -0.2) is 46.2 Å². The topological polar surface area (TPSA) is 89.6 Å². The van der Waals surface area contributed by atoms with Gasteiger partial charge in [-0.2, -0.15) is 5.10 Å². The van der Waals surface area contributed by atoms with Crippen molar-refractivity contribution in [2.75, 3.05) is 19.7 Å². The summed E-state index contributed by atoms with van der Waals surface area (Å²) in [5.41, 5.74) is 4.58. The van der Waals surface area contributed by atoms with Gasteiger partial charge in [0, 0.05) is 48.9 Å². The lowest BCUT2D eigenvalue weighted by molar-refractivity contribution is -0.122. The molecule has 0 unspecified atom stereocenters. The quantitative estimate of drug-likeness (QED) is 0.581. The van der Waals surface area contributed by atoms with Crippen LogP contribution >= 0.6 is 0 Å². The van der Waals surface area contributed by atoms with Gasteiger partial charge >= 0.3 is 0 Å². The molecule has 34 heavy (non-hydrogen) atoms. The summed E-state index contributed by atoms with van der Waals surface area (Å²) < 4.78 is 13.4. The number of carbonyl (C=O) groups excluding carboxylic acids is 2. The molecule has 3 aromatic rings. The Morgan fingerprint density at radius 1 is 1.18 bits per heavy atom. The van der Waals surface area contributed by atoms with Gasteiger partial charge in [-0.3, -0.25) is 14.3 Å². The van der Waals surface area contributed by atoms with Crippen LogP contribution in [0.5, 0.6) is 5.75 Å². The van der Waals surface area contributed by atoms with E-state index in [9.17, 15) is 9.59 Å². The van der Waals surface area contributed by atoms with Crippen LogP contribution in [0.4, 0.5) is 0 Å². The average molecular weight is 463 g/mol. The maximum atomic E-state index is 12.9. The summed E-state index contributed by atoms with van der Waals surface area (Å²) in [4.78, 5) is 27.5. The summed E-state index contributed by atoms with van der Waals surface area (Å²) in [6, 6.07) is 7.70. The fourth-order valence-corrected chi connectivity index (χ4v) is 4.86. The van der Waals surface area contributed by atoms with E-state index in [1.165, 1.54) is 0 Å². The number of amides is 2. The highest BCUT2D eigenvalue weighted by atomic mass is 16.5. The molecule has 0 saturated carbocycles. The molecule has 8 nitrogen and oxygen atoms in total. The number of furan rings is 1. The summed E-state index contributed by atoms with van der Waals surface area (Å²) in [5, 5.41) is 7.67. The molecule has 0 spiro atoms. The first kappa shape index (κ1) is 22.3. The van der Waals surface area contributed by atoms with E-state index in [4.69, 9.17) is 14.3 Å². The predicted octanol–water partition coefficient (Wildman–Crippen LogP) is 3.50. The number of benzene rings is 1. The molecule has 1 N–H and O–H groups in total. The smallest absolute Gasteiger partial charge is 0.289 e. The molecule has 0 bridgehead atoms. The first-order chi connectivity index (χ1) is 16.5. The SMILES string of the molecule is CCOc1ccccc1CNC(=O)Cn1cc2c(n1)-c1c(oc(C(=O)N3CCCC3)c1C)CC2. The predicted molar refractivity (Wildman–Crippen MR) is 127 cm³/mol. The Hall–Kier alpha value is -3.55. The van der Waals surface area contributed by atoms with Crippen LogP contribution in [0, 0.1) is 6.92 Å². The average Bonchev–Trinajstić information content (AvgIpc) is 3.57. The van der Waals surface area contributed by atoms with Gasteiger partial charge in [-0.15, -0.1) is 0 Å². The van der Waals surface area contributed by atoms with E-state index < -0.39 is 0 Å². The highest BCUT2D eigenvalue weighted by molar-refractivity contribution is 5.95. The summed E-state index contributed by atoms with van der Waals surface area (Å²) >= 11 is 0. The van der Waals surface area contributed by atoms with Crippen LogP contribution in [0.15, 0.2) is 34.9 Å². The largest absolute Gasteiger partial charge is 0.494 e. The van der Waals surface area contributed by atoms with Crippen molar-refractivity contribution >= 4 is 11.8 Å². The third-order valence-corrected chi connectivity index (χ3v) is 6.56. The summed E-state index contributed by atoms with van der Waals surface area (Å²) in [6.45, 7) is 6.53. The molecule has 3 heterocycles. The van der Waals surface area contributed by atoms with Gasteiger partial charge in [0.2, 0.25) is 5.91 Å². The Labute approximate surface area is 198 Å². The second-order valence-corrected chi connectivity index (χ2v) is 8.87. The standard InChI is InChI=1S/C26H30N4O4/c1-3-33-20-9-5-4-8-18(20)14-27-22(31)16-30-15-19-10-11-21-23(24(19)28-30)17(2)25(34-21)26(32)29-12-6-7-13-29/h4-5,8-9,15H,3,6-7,10-14,16H2,1-2H3,(H,27,31). The lowest BCUT2D eigenvalue weighted by Crippen LogP contribution is -2.27. The number of aryl methyl sites for hydroxylation is 2. The van der Waals surface area contributed by atoms with Crippen LogP contribution in [0.1, 0.15) is 52.8 Å². The minimum Gasteiger partial charge on any atom is -0.494 e. The molecule has 0 radical (unpaired) electrons. The van der Waals surface area contributed by atoms with Gasteiger partial charge in [0.05, 0.1) is 12.3 Å². The third kappa shape index (κ3) is 4.20. The fraction of sp³-hybridized carbons (Fsp3) is 0.423. The Morgan fingerprint density at radius 3 is 2.76 bits per heavy atom. The maximum absolute atomic E-state index is 12.9. The summed E-state index contributed by atoms with van der Waals surface area (Å²) in [7, 11) is 0. The molecule has 178 valence electrons. The molecule has 1 aliphatic carbocycles. The van der Waals surface area contributed by atoms with E-state index in [1.807, 2.05) is 49.2 Å². The first-order valence-corrected chi connectivity index (χ1v) is 12.0. The van der Waals surface area contributed by atoms with Gasteiger partial charge in [0.25, 0.3) is 5.91 Å². The molecule has 1 aliphatic heterocycles. The van der Waals surface area contributed by atoms with Crippen molar-refractivity contribution in [3.05, 3.63) is 58.7 Å². The van der Waals surface area contributed by atoms with Gasteiger partial charge in [0.15, 0.2) is 5.76 Å². The minimum absolute atomic E-state index is 0.0305. The van der Waals surface area contributed by atoms with Crippen molar-refractivity contribution in [2.24, 2.45) is 0 Å². The highest BCUT2D eigenvalue weighted by Gasteiger charge is 2.32. The number of fused-ring (bicyclic) bond motifs is 3. The zero-order valence-corrected chi connectivity index (χ0v) is 19.7. The number of hydrogen-bond acceptors (Lipinski definition) is 5. The lowest BCUT2D eigenvalue weighted by Gasteiger charge is -2.13. The van der Waals surface area contributed by atoms with Crippen LogP contribution in [0.2, 0.25) is 0 Å². The molecule has 2 amide bonds. The maximum Gasteiger partial charge on any atom is 0.289 e. The third-order valence-electron chi connectivity index (χ3n) is 6.56. The van der Waals surface area contributed by atoms with Crippen molar-refractivity contribution in [2.45, 2.75) is 52.6 Å². The Kier molecular flexibility index (Phi) is 6.13. The molecule has 2 aliphatic rings. The van der Waals surface area contributed by atoms with Crippen LogP contribution < -0.4 is 10.1 Å². The van der Waals surface area contributed by atoms with E-state index in [0.29, 0.717) is 18.9 Å². The molecular formula is C26H30N4O4. The van der Waals surface area contributed by atoms with E-state index in [2.05, 4.69) is 5.32 Å². The molecule has 2 aromatic heterocycles. The second-order valence-electron chi connectivity index (χ2n) is 8.87. The summed E-state index contributed by atoms with van der Waals surface area (Å²) in [6.07, 6.45) is 5.51. The van der Waals surface area contributed by atoms with Gasteiger partial charge in [0.1, 0.15) is 18.1 Å². The normalized spacial score (nSPS) is 14.6. The van der Waals surface area contributed by atoms with E-state index >= 15 is 0 Å². The monoisotopic (exact) mass is 462 g/mol. The molecule has 1 saturated heterocycles. The number of ether oxygens (including phenoxy) is 1. The minimum atomic E-state index is -0.125. The lowest BCUT2D eigenvalue weighted by atomic mass is 9.93.